The first-order valence-corrected chi connectivity index (χ1v) is 11.6. The number of carbonyl (C=O) groups is 5. The van der Waals surface area contributed by atoms with Gasteiger partial charge in [0.1, 0.15) is 0 Å². The van der Waals surface area contributed by atoms with Crippen molar-refractivity contribution in [3.8, 4) is 23.0 Å². The Morgan fingerprint density at radius 2 is 1.51 bits per heavy atom. The van der Waals surface area contributed by atoms with Crippen molar-refractivity contribution in [1.82, 2.24) is 0 Å². The molecule has 0 aliphatic heterocycles. The number of ether oxygens (including phenoxy) is 1. The third-order valence-electron chi connectivity index (χ3n) is 6.77. The highest BCUT2D eigenvalue weighted by Crippen LogP contribution is 2.51. The maximum absolute atomic E-state index is 12.8. The molecule has 0 aromatic heterocycles. The van der Waals surface area contributed by atoms with Gasteiger partial charge in [-0.1, -0.05) is 24.3 Å². The Morgan fingerprint density at radius 1 is 0.872 bits per heavy atom. The van der Waals surface area contributed by atoms with E-state index in [0.717, 1.165) is 36.4 Å². The summed E-state index contributed by atoms with van der Waals surface area (Å²) in [6.07, 6.45) is 1.24. The van der Waals surface area contributed by atoms with Crippen molar-refractivity contribution in [3.05, 3.63) is 71.3 Å². The zero-order valence-electron chi connectivity index (χ0n) is 19.9. The molecule has 202 valence electrons. The number of rotatable bonds is 8. The largest absolute Gasteiger partial charge is 0.504 e. The fraction of sp³-hybridized carbons (Fsp3) is 0.222. The highest BCUT2D eigenvalue weighted by atomic mass is 16.6. The monoisotopic (exact) mass is 538 g/mol. The molecule has 0 radical (unpaired) electrons. The summed E-state index contributed by atoms with van der Waals surface area (Å²) in [5.41, 5.74) is 0.529. The van der Waals surface area contributed by atoms with E-state index in [2.05, 4.69) is 0 Å². The Kier molecular flexibility index (Phi) is 7.13. The van der Waals surface area contributed by atoms with Crippen molar-refractivity contribution in [3.63, 3.8) is 0 Å². The minimum absolute atomic E-state index is 0.0588. The van der Waals surface area contributed by atoms with Crippen LogP contribution in [0.1, 0.15) is 17.0 Å². The van der Waals surface area contributed by atoms with Crippen LogP contribution in [0, 0.1) is 17.8 Å². The van der Waals surface area contributed by atoms with Gasteiger partial charge in [0.15, 0.2) is 23.0 Å². The number of aromatic hydroxyl groups is 4. The number of allylic oxidation sites excluding steroid dienone is 3. The molecule has 5 rings (SSSR count). The molecule has 2 aromatic rings. The van der Waals surface area contributed by atoms with E-state index in [9.17, 15) is 54.6 Å². The lowest BCUT2D eigenvalue weighted by molar-refractivity contribution is -0.160. The number of carbonyl (C=O) groups excluding carboxylic acids is 3. The number of carboxylic acid groups (broad SMARTS) is 2. The van der Waals surface area contributed by atoms with Crippen LogP contribution in [0.15, 0.2) is 60.2 Å². The first-order valence-electron chi connectivity index (χ1n) is 11.6. The quantitative estimate of drug-likeness (QED) is 0.122. The van der Waals surface area contributed by atoms with Crippen LogP contribution in [0.25, 0.3) is 0 Å². The summed E-state index contributed by atoms with van der Waals surface area (Å²) in [5, 5.41) is 57.9. The summed E-state index contributed by atoms with van der Waals surface area (Å²) in [4.78, 5) is 61.7. The molecule has 5 unspecified atom stereocenters. The maximum Gasteiger partial charge on any atom is 0.345 e. The van der Waals surface area contributed by atoms with Gasteiger partial charge < -0.3 is 35.4 Å². The Bertz CT molecular complexity index is 1450. The van der Waals surface area contributed by atoms with Crippen molar-refractivity contribution in [1.29, 1.82) is 0 Å². The molecule has 1 saturated carbocycles. The minimum Gasteiger partial charge on any atom is -0.504 e. The zero-order chi connectivity index (χ0) is 28.6. The Labute approximate surface area is 219 Å². The molecule has 0 amide bonds. The van der Waals surface area contributed by atoms with Gasteiger partial charge in [0.05, 0.1) is 17.8 Å². The van der Waals surface area contributed by atoms with Crippen LogP contribution in [0.3, 0.4) is 0 Å². The number of Topliss-reactive ketones (excluding diaryl/α,β-unsaturated/α-hetero) is 2. The standard InChI is InChI=1S/C27H22O12/c28-15-4-1-11(7-17(15)30)8-19(26(35)36)39-20(32)6-3-12-9-14-21(13-2-5-16(29)18(31)10-13)23(27(37)38)22(12)25(34)24(14)33/h1-7,9-10,14,19,21-23,28-31H,8H2,(H,35,36)(H,37,38). The van der Waals surface area contributed by atoms with Crippen LogP contribution in [-0.2, 0) is 35.1 Å². The summed E-state index contributed by atoms with van der Waals surface area (Å²) in [7, 11) is 0. The van der Waals surface area contributed by atoms with Crippen LogP contribution in [-0.4, -0.2) is 66.2 Å². The van der Waals surface area contributed by atoms with Gasteiger partial charge in [-0.05, 0) is 41.0 Å². The normalized spacial score (nSPS) is 22.9. The first kappa shape index (κ1) is 26.9. The van der Waals surface area contributed by atoms with Crippen LogP contribution < -0.4 is 0 Å². The van der Waals surface area contributed by atoms with E-state index in [1.807, 2.05) is 0 Å². The molecular weight excluding hydrogens is 516 g/mol. The molecule has 0 spiro atoms. The van der Waals surface area contributed by atoms with Crippen LogP contribution in [0.4, 0.5) is 0 Å². The minimum atomic E-state index is -1.68. The molecule has 1 fully saturated rings. The molecule has 0 saturated heterocycles. The van der Waals surface area contributed by atoms with Gasteiger partial charge in [-0.15, -0.1) is 0 Å². The molecule has 39 heavy (non-hydrogen) atoms. The lowest BCUT2D eigenvalue weighted by Gasteiger charge is -2.43. The molecule has 12 nitrogen and oxygen atoms in total. The number of phenols is 4. The van der Waals surface area contributed by atoms with E-state index in [4.69, 9.17) is 4.74 Å². The van der Waals surface area contributed by atoms with E-state index >= 15 is 0 Å². The van der Waals surface area contributed by atoms with Crippen molar-refractivity contribution < 1.29 is 59.3 Å². The van der Waals surface area contributed by atoms with Gasteiger partial charge in [0.25, 0.3) is 0 Å². The molecule has 6 N–H and O–H groups in total. The molecule has 0 heterocycles. The van der Waals surface area contributed by atoms with Crippen LogP contribution in [0.5, 0.6) is 23.0 Å². The second-order valence-corrected chi connectivity index (χ2v) is 9.16. The van der Waals surface area contributed by atoms with Crippen molar-refractivity contribution in [2.24, 2.45) is 17.8 Å². The van der Waals surface area contributed by atoms with Crippen LogP contribution in [0.2, 0.25) is 0 Å². The van der Waals surface area contributed by atoms with Crippen molar-refractivity contribution in [2.75, 3.05) is 0 Å². The van der Waals surface area contributed by atoms with E-state index in [1.54, 1.807) is 0 Å². The third kappa shape index (κ3) is 5.17. The average Bonchev–Trinajstić information content (AvgIpc) is 2.88. The first-order chi connectivity index (χ1) is 18.4. The lowest BCUT2D eigenvalue weighted by atomic mass is 9.56. The molecule has 5 atom stereocenters. The van der Waals surface area contributed by atoms with Gasteiger partial charge in [-0.3, -0.25) is 14.4 Å². The number of aliphatic carboxylic acids is 2. The van der Waals surface area contributed by atoms with Crippen molar-refractivity contribution >= 4 is 29.5 Å². The number of phenolic OH excluding ortho intramolecular Hbond substituents is 4. The average molecular weight is 538 g/mol. The van der Waals surface area contributed by atoms with E-state index in [0.29, 0.717) is 0 Å². The van der Waals surface area contributed by atoms with E-state index in [-0.39, 0.29) is 23.1 Å². The SMILES string of the molecule is O=C(C=CC1=CC2C(=O)C(=O)C1C(C(=O)O)C2c1ccc(O)c(O)c1)OC(Cc1ccc(O)c(O)c1)C(=O)O. The smallest absolute Gasteiger partial charge is 0.345 e. The van der Waals surface area contributed by atoms with Crippen LogP contribution >= 0.6 is 0 Å². The molecule has 12 heteroatoms. The molecule has 2 bridgehead atoms. The molecule has 3 aliphatic carbocycles. The number of benzene rings is 2. The number of fused-ring (bicyclic) bond motifs is 2. The zero-order valence-corrected chi connectivity index (χ0v) is 19.9. The molecular formula is C27H22O12. The summed E-state index contributed by atoms with van der Waals surface area (Å²) in [5.74, 6) is -12.8. The topological polar surface area (TPSA) is 216 Å². The number of esters is 1. The highest BCUT2D eigenvalue weighted by Gasteiger charge is 2.56. The lowest BCUT2D eigenvalue weighted by Crippen LogP contribution is -2.52. The van der Waals surface area contributed by atoms with Gasteiger partial charge in [0, 0.05) is 18.4 Å². The fourth-order valence-corrected chi connectivity index (χ4v) is 4.97. The molecule has 3 aliphatic rings. The second-order valence-electron chi connectivity index (χ2n) is 9.16. The Hall–Kier alpha value is -5.13. The van der Waals surface area contributed by atoms with Crippen molar-refractivity contribution in [2.45, 2.75) is 18.4 Å². The Balaban J connectivity index is 1.58. The summed E-state index contributed by atoms with van der Waals surface area (Å²) >= 11 is 0. The predicted octanol–water partition coefficient (Wildman–Crippen LogP) is 1.41. The summed E-state index contributed by atoms with van der Waals surface area (Å²) < 4.78 is 4.98. The predicted molar refractivity (Wildman–Crippen MR) is 129 cm³/mol. The second kappa shape index (κ2) is 10.3. The summed E-state index contributed by atoms with van der Waals surface area (Å²) in [6, 6.07) is 7.18. The Morgan fingerprint density at radius 3 is 2.10 bits per heavy atom. The van der Waals surface area contributed by atoms with Gasteiger partial charge >= 0.3 is 17.9 Å². The third-order valence-corrected chi connectivity index (χ3v) is 6.77. The summed E-state index contributed by atoms with van der Waals surface area (Å²) in [6.45, 7) is 0. The highest BCUT2D eigenvalue weighted by molar-refractivity contribution is 6.42. The number of hydrogen-bond acceptors (Lipinski definition) is 10. The number of ketones is 2. The van der Waals surface area contributed by atoms with E-state index in [1.165, 1.54) is 18.2 Å². The number of carboxylic acids is 2. The fourth-order valence-electron chi connectivity index (χ4n) is 4.97. The van der Waals surface area contributed by atoms with Gasteiger partial charge in [-0.2, -0.15) is 0 Å². The molecule has 2 aromatic carbocycles. The van der Waals surface area contributed by atoms with Gasteiger partial charge in [0.2, 0.25) is 17.7 Å². The van der Waals surface area contributed by atoms with Gasteiger partial charge in [-0.25, -0.2) is 9.59 Å². The maximum atomic E-state index is 12.8. The number of hydrogen-bond donors (Lipinski definition) is 6. The van der Waals surface area contributed by atoms with E-state index < -0.39 is 82.2 Å².